The molecule has 0 bridgehead atoms. The Morgan fingerprint density at radius 2 is 1.42 bits per heavy atom. The molecule has 1 unspecified atom stereocenters. The Labute approximate surface area is 196 Å². The summed E-state index contributed by atoms with van der Waals surface area (Å²) in [5.41, 5.74) is 5.67. The second-order valence-electron chi connectivity index (χ2n) is 9.21. The van der Waals surface area contributed by atoms with Crippen molar-refractivity contribution in [2.75, 3.05) is 0 Å². The highest BCUT2D eigenvalue weighted by Crippen LogP contribution is 2.27. The lowest BCUT2D eigenvalue weighted by atomic mass is 10.00. The molecule has 1 amide bonds. The molecular weight excluding hydrogens is 404 g/mol. The van der Waals surface area contributed by atoms with E-state index in [2.05, 4.69) is 62.5 Å². The van der Waals surface area contributed by atoms with Gasteiger partial charge < -0.3 is 5.32 Å². The molecule has 3 nitrogen and oxygen atoms in total. The van der Waals surface area contributed by atoms with E-state index in [1.165, 1.54) is 12.0 Å². The lowest BCUT2D eigenvalue weighted by Gasteiger charge is -2.16. The maximum atomic E-state index is 13.2. The van der Waals surface area contributed by atoms with Crippen LogP contribution in [-0.4, -0.2) is 16.9 Å². The summed E-state index contributed by atoms with van der Waals surface area (Å²) in [5.74, 6) is 0.653. The van der Waals surface area contributed by atoms with Crippen LogP contribution in [0.2, 0.25) is 0 Å². The molecule has 0 aliphatic rings. The maximum Gasteiger partial charge on any atom is 0.252 e. The number of amides is 1. The van der Waals surface area contributed by atoms with Gasteiger partial charge in [-0.2, -0.15) is 0 Å². The Morgan fingerprint density at radius 1 is 0.788 bits per heavy atom. The lowest BCUT2D eigenvalue weighted by Crippen LogP contribution is -2.32. The van der Waals surface area contributed by atoms with Crippen LogP contribution in [-0.2, 0) is 0 Å². The van der Waals surface area contributed by atoms with Crippen molar-refractivity contribution in [3.63, 3.8) is 0 Å². The van der Waals surface area contributed by atoms with Crippen LogP contribution in [0.4, 0.5) is 0 Å². The van der Waals surface area contributed by atoms with E-state index in [1.54, 1.807) is 0 Å². The molecule has 0 saturated heterocycles. The van der Waals surface area contributed by atoms with Gasteiger partial charge in [-0.05, 0) is 42.5 Å². The minimum absolute atomic E-state index is 0.0344. The van der Waals surface area contributed by atoms with Gasteiger partial charge in [0.15, 0.2) is 0 Å². The molecule has 0 spiro atoms. The molecule has 0 fully saturated rings. The van der Waals surface area contributed by atoms with Crippen molar-refractivity contribution in [1.29, 1.82) is 0 Å². The standard InChI is InChI=1S/C30H32N2O/c1-21(2)10-9-11-22(3)31-30(33)27-20-29(32-28-15-8-7-14-26(27)28)25-18-16-24(17-19-25)23-12-5-4-6-13-23/h4-8,12-22H,9-11H2,1-3H3,(H,31,33). The number of hydrogen-bond donors (Lipinski definition) is 1. The van der Waals surface area contributed by atoms with Crippen LogP contribution in [0.15, 0.2) is 84.9 Å². The Kier molecular flexibility index (Phi) is 7.19. The first kappa shape index (κ1) is 22.7. The average Bonchev–Trinajstić information content (AvgIpc) is 2.83. The molecule has 3 aromatic carbocycles. The average molecular weight is 437 g/mol. The topological polar surface area (TPSA) is 42.0 Å². The number of nitrogens with one attached hydrogen (secondary N) is 1. The third-order valence-corrected chi connectivity index (χ3v) is 6.04. The quantitative estimate of drug-likeness (QED) is 0.310. The first-order valence-electron chi connectivity index (χ1n) is 11.9. The minimum Gasteiger partial charge on any atom is -0.350 e. The second-order valence-corrected chi connectivity index (χ2v) is 9.21. The summed E-state index contributed by atoms with van der Waals surface area (Å²) in [6.45, 7) is 6.56. The Bertz CT molecular complexity index is 1210. The van der Waals surface area contributed by atoms with Gasteiger partial charge in [0.2, 0.25) is 0 Å². The van der Waals surface area contributed by atoms with E-state index in [0.29, 0.717) is 11.5 Å². The number of pyridine rings is 1. The molecule has 0 aliphatic carbocycles. The fourth-order valence-corrected chi connectivity index (χ4v) is 4.18. The van der Waals surface area contributed by atoms with Crippen molar-refractivity contribution in [1.82, 2.24) is 10.3 Å². The van der Waals surface area contributed by atoms with Gasteiger partial charge in [-0.25, -0.2) is 4.98 Å². The third kappa shape index (κ3) is 5.67. The molecule has 33 heavy (non-hydrogen) atoms. The zero-order chi connectivity index (χ0) is 23.2. The zero-order valence-corrected chi connectivity index (χ0v) is 19.7. The predicted molar refractivity (Wildman–Crippen MR) is 138 cm³/mol. The van der Waals surface area contributed by atoms with Gasteiger partial charge in [0, 0.05) is 17.0 Å². The van der Waals surface area contributed by atoms with Gasteiger partial charge in [0.25, 0.3) is 5.91 Å². The van der Waals surface area contributed by atoms with Crippen LogP contribution in [0.1, 0.15) is 50.4 Å². The van der Waals surface area contributed by atoms with Crippen LogP contribution in [0, 0.1) is 5.92 Å². The highest BCUT2D eigenvalue weighted by Gasteiger charge is 2.16. The molecule has 0 radical (unpaired) electrons. The molecule has 0 saturated carbocycles. The number of rotatable bonds is 8. The van der Waals surface area contributed by atoms with Crippen LogP contribution in [0.3, 0.4) is 0 Å². The van der Waals surface area contributed by atoms with Gasteiger partial charge in [-0.15, -0.1) is 0 Å². The van der Waals surface area contributed by atoms with Gasteiger partial charge in [-0.1, -0.05) is 99.5 Å². The highest BCUT2D eigenvalue weighted by atomic mass is 16.1. The van der Waals surface area contributed by atoms with Crippen LogP contribution in [0.25, 0.3) is 33.3 Å². The highest BCUT2D eigenvalue weighted by molar-refractivity contribution is 6.07. The Morgan fingerprint density at radius 3 is 2.15 bits per heavy atom. The number of carbonyl (C=O) groups excluding carboxylic acids is 1. The summed E-state index contributed by atoms with van der Waals surface area (Å²) >= 11 is 0. The van der Waals surface area contributed by atoms with Gasteiger partial charge in [0.1, 0.15) is 0 Å². The van der Waals surface area contributed by atoms with Crippen molar-refractivity contribution >= 4 is 16.8 Å². The summed E-state index contributed by atoms with van der Waals surface area (Å²) in [6.07, 6.45) is 3.29. The monoisotopic (exact) mass is 436 g/mol. The van der Waals surface area contributed by atoms with Crippen LogP contribution < -0.4 is 5.32 Å². The maximum absolute atomic E-state index is 13.2. The largest absolute Gasteiger partial charge is 0.350 e. The molecule has 1 aromatic heterocycles. The van der Waals surface area contributed by atoms with Crippen molar-refractivity contribution in [2.24, 2.45) is 5.92 Å². The summed E-state index contributed by atoms with van der Waals surface area (Å²) in [4.78, 5) is 18.1. The van der Waals surface area contributed by atoms with Gasteiger partial charge in [-0.3, -0.25) is 4.79 Å². The molecule has 168 valence electrons. The summed E-state index contributed by atoms with van der Waals surface area (Å²) < 4.78 is 0. The van der Waals surface area contributed by atoms with E-state index >= 15 is 0 Å². The summed E-state index contributed by atoms with van der Waals surface area (Å²) in [6, 6.07) is 28.6. The summed E-state index contributed by atoms with van der Waals surface area (Å²) in [7, 11) is 0. The number of nitrogens with zero attached hydrogens (tertiary/aromatic N) is 1. The summed E-state index contributed by atoms with van der Waals surface area (Å²) in [5, 5.41) is 4.09. The fourth-order valence-electron chi connectivity index (χ4n) is 4.18. The molecule has 0 aliphatic heterocycles. The minimum atomic E-state index is -0.0344. The Balaban J connectivity index is 1.61. The molecule has 1 N–H and O–H groups in total. The van der Waals surface area contributed by atoms with Gasteiger partial charge >= 0.3 is 0 Å². The normalized spacial score (nSPS) is 12.1. The van der Waals surface area contributed by atoms with Crippen molar-refractivity contribution in [2.45, 2.75) is 46.1 Å². The van der Waals surface area contributed by atoms with Crippen LogP contribution >= 0.6 is 0 Å². The van der Waals surface area contributed by atoms with E-state index in [0.717, 1.165) is 40.6 Å². The van der Waals surface area contributed by atoms with Crippen LogP contribution in [0.5, 0.6) is 0 Å². The SMILES string of the molecule is CC(C)CCCC(C)NC(=O)c1cc(-c2ccc(-c3ccccc3)cc2)nc2ccccc12. The first-order chi connectivity index (χ1) is 16.0. The first-order valence-corrected chi connectivity index (χ1v) is 11.9. The molecule has 4 rings (SSSR count). The number of fused-ring (bicyclic) bond motifs is 1. The van der Waals surface area contributed by atoms with Crippen molar-refractivity contribution < 1.29 is 4.79 Å². The zero-order valence-electron chi connectivity index (χ0n) is 19.7. The fraction of sp³-hybridized carbons (Fsp3) is 0.267. The third-order valence-electron chi connectivity index (χ3n) is 6.04. The predicted octanol–water partition coefficient (Wildman–Crippen LogP) is 7.51. The lowest BCUT2D eigenvalue weighted by molar-refractivity contribution is 0.0939. The van der Waals surface area contributed by atoms with E-state index in [-0.39, 0.29) is 11.9 Å². The molecule has 1 heterocycles. The van der Waals surface area contributed by atoms with Crippen molar-refractivity contribution in [3.8, 4) is 22.4 Å². The number of para-hydroxylation sites is 1. The van der Waals surface area contributed by atoms with E-state index in [1.807, 2.05) is 48.5 Å². The van der Waals surface area contributed by atoms with E-state index < -0.39 is 0 Å². The second kappa shape index (κ2) is 10.4. The Hall–Kier alpha value is -3.46. The number of hydrogen-bond acceptors (Lipinski definition) is 2. The number of carbonyl (C=O) groups is 1. The molecule has 1 atom stereocenters. The van der Waals surface area contributed by atoms with E-state index in [4.69, 9.17) is 4.98 Å². The molecule has 4 aromatic rings. The number of benzene rings is 3. The van der Waals surface area contributed by atoms with Crippen molar-refractivity contribution in [3.05, 3.63) is 90.5 Å². The molecular formula is C30H32N2O. The smallest absolute Gasteiger partial charge is 0.252 e. The van der Waals surface area contributed by atoms with E-state index in [9.17, 15) is 4.79 Å². The molecule has 3 heteroatoms. The van der Waals surface area contributed by atoms with Gasteiger partial charge in [0.05, 0.1) is 16.8 Å². The number of aromatic nitrogens is 1.